The fourth-order valence-corrected chi connectivity index (χ4v) is 1.52. The second-order valence-corrected chi connectivity index (χ2v) is 3.83. The summed E-state index contributed by atoms with van der Waals surface area (Å²) in [5, 5.41) is 9.03. The van der Waals surface area contributed by atoms with Gasteiger partial charge in [0, 0.05) is 13.0 Å². The molecule has 3 heteroatoms. The lowest BCUT2D eigenvalue weighted by Crippen LogP contribution is -2.27. The van der Waals surface area contributed by atoms with Crippen molar-refractivity contribution in [1.82, 2.24) is 0 Å². The maximum absolute atomic E-state index is 11.0. The largest absolute Gasteiger partial charge is 0.479 e. The first-order valence-electron chi connectivity index (χ1n) is 5.54. The number of carbonyl (C=O) groups is 1. The predicted molar refractivity (Wildman–Crippen MR) is 62.5 cm³/mol. The van der Waals surface area contributed by atoms with Crippen LogP contribution >= 0.6 is 0 Å². The van der Waals surface area contributed by atoms with E-state index in [-0.39, 0.29) is 0 Å². The normalized spacial score (nSPS) is 12.4. The molecule has 0 aliphatic carbocycles. The molecule has 0 amide bonds. The summed E-state index contributed by atoms with van der Waals surface area (Å²) in [6.07, 6.45) is 0.528. The number of hydrogen-bond acceptors (Lipinski definition) is 2. The van der Waals surface area contributed by atoms with E-state index in [1.54, 1.807) is 0 Å². The van der Waals surface area contributed by atoms with Gasteiger partial charge in [-0.1, -0.05) is 31.2 Å². The van der Waals surface area contributed by atoms with Gasteiger partial charge >= 0.3 is 5.97 Å². The summed E-state index contributed by atoms with van der Waals surface area (Å²) in [6.45, 7) is 4.43. The van der Waals surface area contributed by atoms with Gasteiger partial charge in [-0.3, -0.25) is 0 Å². The average Bonchev–Trinajstić information content (AvgIpc) is 2.26. The van der Waals surface area contributed by atoms with E-state index in [2.05, 4.69) is 0 Å². The zero-order valence-corrected chi connectivity index (χ0v) is 9.77. The molecule has 0 fully saturated rings. The number of ether oxygens (including phenoxy) is 1. The van der Waals surface area contributed by atoms with E-state index >= 15 is 0 Å². The van der Waals surface area contributed by atoms with Gasteiger partial charge < -0.3 is 9.84 Å². The van der Waals surface area contributed by atoms with E-state index in [4.69, 9.17) is 9.84 Å². The second-order valence-electron chi connectivity index (χ2n) is 3.83. The first kappa shape index (κ1) is 12.7. The molecule has 0 saturated carbocycles. The van der Waals surface area contributed by atoms with Crippen molar-refractivity contribution in [2.45, 2.75) is 32.8 Å². The van der Waals surface area contributed by atoms with Crippen LogP contribution in [0.4, 0.5) is 0 Å². The Morgan fingerprint density at radius 3 is 2.69 bits per heavy atom. The molecule has 1 aromatic rings. The van der Waals surface area contributed by atoms with Crippen LogP contribution in [0.3, 0.4) is 0 Å². The Bertz CT molecular complexity index is 347. The van der Waals surface area contributed by atoms with Gasteiger partial charge in [0.05, 0.1) is 0 Å². The maximum atomic E-state index is 11.0. The van der Waals surface area contributed by atoms with Crippen LogP contribution in [-0.2, 0) is 16.0 Å². The number of aliphatic carboxylic acids is 1. The third-order valence-electron chi connectivity index (χ3n) is 2.47. The lowest BCUT2D eigenvalue weighted by molar-refractivity contribution is -0.150. The van der Waals surface area contributed by atoms with Gasteiger partial charge in [-0.2, -0.15) is 0 Å². The van der Waals surface area contributed by atoms with Crippen molar-refractivity contribution in [3.8, 4) is 0 Å². The highest BCUT2D eigenvalue weighted by Gasteiger charge is 2.18. The molecule has 0 bridgehead atoms. The monoisotopic (exact) mass is 222 g/mol. The lowest BCUT2D eigenvalue weighted by Gasteiger charge is -2.14. The van der Waals surface area contributed by atoms with Crippen LogP contribution in [0.25, 0.3) is 0 Å². The number of carboxylic acids is 1. The summed E-state index contributed by atoms with van der Waals surface area (Å²) in [5.74, 6) is -0.892. The number of benzene rings is 1. The van der Waals surface area contributed by atoms with Gasteiger partial charge in [0.15, 0.2) is 6.10 Å². The maximum Gasteiger partial charge on any atom is 0.333 e. The van der Waals surface area contributed by atoms with Crippen LogP contribution in [0.5, 0.6) is 0 Å². The third kappa shape index (κ3) is 3.66. The Balaban J connectivity index is 2.68. The fourth-order valence-electron chi connectivity index (χ4n) is 1.52. The number of aryl methyl sites for hydroxylation is 1. The Labute approximate surface area is 96.1 Å². The number of rotatable bonds is 6. The number of carboxylic acid groups (broad SMARTS) is 1. The van der Waals surface area contributed by atoms with Crippen LogP contribution in [0.15, 0.2) is 24.3 Å². The van der Waals surface area contributed by atoms with Gasteiger partial charge in [0.1, 0.15) is 0 Å². The summed E-state index contributed by atoms with van der Waals surface area (Å²) in [5.41, 5.74) is 2.14. The van der Waals surface area contributed by atoms with Crippen molar-refractivity contribution in [3.63, 3.8) is 0 Å². The van der Waals surface area contributed by atoms with E-state index in [1.165, 1.54) is 0 Å². The summed E-state index contributed by atoms with van der Waals surface area (Å²) < 4.78 is 5.31. The molecule has 0 saturated heterocycles. The molecule has 1 aromatic carbocycles. The SMILES string of the molecule is CCCOC(Cc1ccccc1C)C(=O)O. The van der Waals surface area contributed by atoms with Crippen molar-refractivity contribution in [3.05, 3.63) is 35.4 Å². The van der Waals surface area contributed by atoms with E-state index in [1.807, 2.05) is 38.1 Å². The minimum Gasteiger partial charge on any atom is -0.479 e. The topological polar surface area (TPSA) is 46.5 Å². The summed E-state index contributed by atoms with van der Waals surface area (Å²) >= 11 is 0. The highest BCUT2D eigenvalue weighted by molar-refractivity contribution is 5.72. The van der Waals surface area contributed by atoms with E-state index in [0.29, 0.717) is 13.0 Å². The first-order valence-corrected chi connectivity index (χ1v) is 5.54. The van der Waals surface area contributed by atoms with Crippen LogP contribution in [0.1, 0.15) is 24.5 Å². The van der Waals surface area contributed by atoms with Crippen LogP contribution < -0.4 is 0 Å². The first-order chi connectivity index (χ1) is 7.65. The van der Waals surface area contributed by atoms with Crippen molar-refractivity contribution < 1.29 is 14.6 Å². The van der Waals surface area contributed by atoms with Gasteiger partial charge in [0.2, 0.25) is 0 Å². The molecule has 16 heavy (non-hydrogen) atoms. The summed E-state index contributed by atoms with van der Waals surface area (Å²) in [7, 11) is 0. The van der Waals surface area contributed by atoms with E-state index in [0.717, 1.165) is 17.5 Å². The molecular weight excluding hydrogens is 204 g/mol. The Kier molecular flexibility index (Phi) is 4.99. The minimum absolute atomic E-state index is 0.433. The van der Waals surface area contributed by atoms with Crippen LogP contribution in [-0.4, -0.2) is 23.8 Å². The highest BCUT2D eigenvalue weighted by atomic mass is 16.5. The Morgan fingerprint density at radius 2 is 2.12 bits per heavy atom. The van der Waals surface area contributed by atoms with Gasteiger partial charge in [0.25, 0.3) is 0 Å². The molecule has 1 rings (SSSR count). The lowest BCUT2D eigenvalue weighted by atomic mass is 10.0. The Hall–Kier alpha value is -1.35. The van der Waals surface area contributed by atoms with Crippen LogP contribution in [0, 0.1) is 6.92 Å². The van der Waals surface area contributed by atoms with Gasteiger partial charge in [-0.15, -0.1) is 0 Å². The zero-order chi connectivity index (χ0) is 12.0. The number of hydrogen-bond donors (Lipinski definition) is 1. The van der Waals surface area contributed by atoms with Crippen molar-refractivity contribution >= 4 is 5.97 Å². The molecule has 1 N–H and O–H groups in total. The second kappa shape index (κ2) is 6.28. The predicted octanol–water partition coefficient (Wildman–Crippen LogP) is 2.42. The molecular formula is C13H18O3. The van der Waals surface area contributed by atoms with Crippen molar-refractivity contribution in [1.29, 1.82) is 0 Å². The molecule has 0 aliphatic rings. The summed E-state index contributed by atoms with van der Waals surface area (Å²) in [6, 6.07) is 7.79. The molecule has 1 unspecified atom stereocenters. The minimum atomic E-state index is -0.892. The van der Waals surface area contributed by atoms with E-state index in [9.17, 15) is 4.79 Å². The molecule has 1 atom stereocenters. The molecule has 0 spiro atoms. The molecule has 88 valence electrons. The third-order valence-corrected chi connectivity index (χ3v) is 2.47. The fraction of sp³-hybridized carbons (Fsp3) is 0.462. The average molecular weight is 222 g/mol. The van der Waals surface area contributed by atoms with Crippen molar-refractivity contribution in [2.75, 3.05) is 6.61 Å². The molecule has 0 aliphatic heterocycles. The quantitative estimate of drug-likeness (QED) is 0.804. The van der Waals surface area contributed by atoms with Crippen molar-refractivity contribution in [2.24, 2.45) is 0 Å². The van der Waals surface area contributed by atoms with Crippen LogP contribution in [0.2, 0.25) is 0 Å². The van der Waals surface area contributed by atoms with Gasteiger partial charge in [-0.05, 0) is 24.5 Å². The Morgan fingerprint density at radius 1 is 1.44 bits per heavy atom. The molecule has 0 heterocycles. The zero-order valence-electron chi connectivity index (χ0n) is 9.77. The molecule has 0 aromatic heterocycles. The molecule has 3 nitrogen and oxygen atoms in total. The summed E-state index contributed by atoms with van der Waals surface area (Å²) in [4.78, 5) is 11.0. The smallest absolute Gasteiger partial charge is 0.333 e. The van der Waals surface area contributed by atoms with E-state index < -0.39 is 12.1 Å². The van der Waals surface area contributed by atoms with Gasteiger partial charge in [-0.25, -0.2) is 4.79 Å². The highest BCUT2D eigenvalue weighted by Crippen LogP contribution is 2.11. The molecule has 0 radical (unpaired) electrons. The standard InChI is InChI=1S/C13H18O3/c1-3-8-16-12(13(14)15)9-11-7-5-4-6-10(11)2/h4-7,12H,3,8-9H2,1-2H3,(H,14,15).